The van der Waals surface area contributed by atoms with Crippen molar-refractivity contribution >= 4 is 17.8 Å². The van der Waals surface area contributed by atoms with Gasteiger partial charge in [-0.2, -0.15) is 0 Å². The van der Waals surface area contributed by atoms with Crippen LogP contribution in [-0.2, 0) is 27.3 Å². The van der Waals surface area contributed by atoms with E-state index in [2.05, 4.69) is 0 Å². The number of esters is 1. The minimum Gasteiger partial charge on any atom is -0.467 e. The van der Waals surface area contributed by atoms with E-state index in [0.717, 1.165) is 28.7 Å². The Kier molecular flexibility index (Phi) is 6.31. The zero-order valence-corrected chi connectivity index (χ0v) is 19.0. The van der Waals surface area contributed by atoms with Gasteiger partial charge in [-0.15, -0.1) is 0 Å². The van der Waals surface area contributed by atoms with Crippen molar-refractivity contribution in [1.82, 2.24) is 9.80 Å². The highest BCUT2D eigenvalue weighted by Gasteiger charge is 2.39. The lowest BCUT2D eigenvalue weighted by atomic mass is 9.90. The van der Waals surface area contributed by atoms with Crippen molar-refractivity contribution in [1.29, 1.82) is 0 Å². The van der Waals surface area contributed by atoms with Gasteiger partial charge in [-0.3, -0.25) is 9.59 Å². The Morgan fingerprint density at radius 3 is 2.38 bits per heavy atom. The fourth-order valence-electron chi connectivity index (χ4n) is 4.98. The first kappa shape index (κ1) is 22.1. The summed E-state index contributed by atoms with van der Waals surface area (Å²) in [5.41, 5.74) is 4.88. The maximum absolute atomic E-state index is 13.6. The number of aryl methyl sites for hydroxylation is 2. The van der Waals surface area contributed by atoms with Crippen LogP contribution in [0.25, 0.3) is 0 Å². The average Bonchev–Trinajstić information content (AvgIpc) is 2.81. The molecule has 0 N–H and O–H groups in total. The van der Waals surface area contributed by atoms with E-state index < -0.39 is 12.0 Å². The van der Waals surface area contributed by atoms with Gasteiger partial charge in [0.05, 0.1) is 13.0 Å². The zero-order chi connectivity index (χ0) is 22.8. The Bertz CT molecular complexity index is 1030. The minimum atomic E-state index is -0.632. The van der Waals surface area contributed by atoms with Crippen molar-refractivity contribution in [3.05, 3.63) is 70.3 Å². The van der Waals surface area contributed by atoms with E-state index in [-0.39, 0.29) is 17.7 Å². The van der Waals surface area contributed by atoms with Crippen LogP contribution in [0.15, 0.2) is 42.5 Å². The predicted octanol–water partition coefficient (Wildman–Crippen LogP) is 3.28. The molecule has 6 nitrogen and oxygen atoms in total. The van der Waals surface area contributed by atoms with Crippen LogP contribution in [0.4, 0.5) is 0 Å². The third-order valence-electron chi connectivity index (χ3n) is 6.53. The summed E-state index contributed by atoms with van der Waals surface area (Å²) in [4.78, 5) is 42.7. The molecule has 2 unspecified atom stereocenters. The lowest BCUT2D eigenvalue weighted by Crippen LogP contribution is -2.53. The van der Waals surface area contributed by atoms with Crippen LogP contribution in [0.1, 0.15) is 45.5 Å². The first-order chi connectivity index (χ1) is 15.4. The Labute approximate surface area is 189 Å². The highest BCUT2D eigenvalue weighted by atomic mass is 16.5. The highest BCUT2D eigenvalue weighted by Crippen LogP contribution is 2.28. The van der Waals surface area contributed by atoms with Crippen LogP contribution >= 0.6 is 0 Å². The molecule has 2 aliphatic heterocycles. The molecule has 6 heteroatoms. The number of hydrogen-bond donors (Lipinski definition) is 0. The molecule has 168 valence electrons. The molecule has 0 radical (unpaired) electrons. The predicted molar refractivity (Wildman–Crippen MR) is 121 cm³/mol. The number of benzene rings is 2. The first-order valence-electron chi connectivity index (χ1n) is 11.2. The topological polar surface area (TPSA) is 66.9 Å². The van der Waals surface area contributed by atoms with E-state index in [4.69, 9.17) is 4.74 Å². The Morgan fingerprint density at radius 1 is 1.00 bits per heavy atom. The van der Waals surface area contributed by atoms with Crippen molar-refractivity contribution < 1.29 is 19.1 Å². The monoisotopic (exact) mass is 434 g/mol. The zero-order valence-electron chi connectivity index (χ0n) is 19.0. The molecular formula is C26H30N2O4. The maximum Gasteiger partial charge on any atom is 0.328 e. The van der Waals surface area contributed by atoms with E-state index in [9.17, 15) is 14.4 Å². The molecule has 2 aromatic rings. The van der Waals surface area contributed by atoms with Gasteiger partial charge in [-0.1, -0.05) is 41.5 Å². The molecule has 2 atom stereocenters. The van der Waals surface area contributed by atoms with Crippen LogP contribution in [0.2, 0.25) is 0 Å². The molecule has 1 fully saturated rings. The van der Waals surface area contributed by atoms with Crippen molar-refractivity contribution in [2.24, 2.45) is 5.92 Å². The third-order valence-corrected chi connectivity index (χ3v) is 6.53. The molecule has 0 aromatic heterocycles. The fourth-order valence-corrected chi connectivity index (χ4v) is 4.98. The summed E-state index contributed by atoms with van der Waals surface area (Å²) in [6.45, 7) is 5.35. The summed E-state index contributed by atoms with van der Waals surface area (Å²) in [6, 6.07) is 13.1. The number of ether oxygens (including phenoxy) is 1. The number of fused-ring (bicyclic) bond motifs is 1. The summed E-state index contributed by atoms with van der Waals surface area (Å²) >= 11 is 0. The largest absolute Gasteiger partial charge is 0.467 e. The van der Waals surface area contributed by atoms with Crippen molar-refractivity contribution in [3.8, 4) is 0 Å². The number of methoxy groups -OCH3 is 1. The number of nitrogens with zero attached hydrogens (tertiary/aromatic N) is 2. The van der Waals surface area contributed by atoms with Gasteiger partial charge in [-0.05, 0) is 49.9 Å². The molecule has 0 aliphatic carbocycles. The molecule has 2 amide bonds. The van der Waals surface area contributed by atoms with E-state index in [1.807, 2.05) is 56.3 Å². The quantitative estimate of drug-likeness (QED) is 0.696. The van der Waals surface area contributed by atoms with Gasteiger partial charge in [-0.25, -0.2) is 4.79 Å². The standard InChI is InChI=1S/C26H30N2O4/c1-17-11-18(2)13-22(12-17)24(29)27-10-6-9-21(15-27)25(30)28-16-20-8-5-4-7-19(20)14-23(28)26(31)32-3/h4-5,7-8,11-13,21,23H,6,9-10,14-16H2,1-3H3. The molecule has 2 heterocycles. The van der Waals surface area contributed by atoms with Gasteiger partial charge < -0.3 is 14.5 Å². The van der Waals surface area contributed by atoms with E-state index in [0.29, 0.717) is 38.0 Å². The lowest BCUT2D eigenvalue weighted by molar-refractivity contribution is -0.156. The van der Waals surface area contributed by atoms with Gasteiger partial charge in [0.15, 0.2) is 0 Å². The molecular weight excluding hydrogens is 404 g/mol. The SMILES string of the molecule is COC(=O)C1Cc2ccccc2CN1C(=O)C1CCCN(C(=O)c2cc(C)cc(C)c2)C1. The summed E-state index contributed by atoms with van der Waals surface area (Å²) in [7, 11) is 1.36. The van der Waals surface area contributed by atoms with Gasteiger partial charge in [0, 0.05) is 31.6 Å². The number of hydrogen-bond acceptors (Lipinski definition) is 4. The minimum absolute atomic E-state index is 0.0391. The molecule has 0 saturated carbocycles. The second-order valence-electron chi connectivity index (χ2n) is 8.94. The molecule has 0 bridgehead atoms. The van der Waals surface area contributed by atoms with Crippen LogP contribution in [0, 0.1) is 19.8 Å². The van der Waals surface area contributed by atoms with E-state index in [1.54, 1.807) is 9.80 Å². The number of carbonyl (C=O) groups excluding carboxylic acids is 3. The second kappa shape index (κ2) is 9.15. The number of amides is 2. The van der Waals surface area contributed by atoms with Gasteiger partial charge in [0.25, 0.3) is 5.91 Å². The maximum atomic E-state index is 13.6. The van der Waals surface area contributed by atoms with Crippen molar-refractivity contribution in [2.75, 3.05) is 20.2 Å². The van der Waals surface area contributed by atoms with Crippen LogP contribution in [0.3, 0.4) is 0 Å². The first-order valence-corrected chi connectivity index (χ1v) is 11.2. The summed E-state index contributed by atoms with van der Waals surface area (Å²) < 4.78 is 5.01. The second-order valence-corrected chi connectivity index (χ2v) is 8.94. The molecule has 32 heavy (non-hydrogen) atoms. The average molecular weight is 435 g/mol. The van der Waals surface area contributed by atoms with Crippen LogP contribution in [0.5, 0.6) is 0 Å². The van der Waals surface area contributed by atoms with Crippen molar-refractivity contribution in [2.45, 2.75) is 45.7 Å². The Balaban J connectivity index is 1.54. The molecule has 2 aliphatic rings. The molecule has 2 aromatic carbocycles. The molecule has 4 rings (SSSR count). The number of likely N-dealkylation sites (tertiary alicyclic amines) is 1. The highest BCUT2D eigenvalue weighted by molar-refractivity contribution is 5.95. The Hall–Kier alpha value is -3.15. The number of piperidine rings is 1. The normalized spacial score (nSPS) is 20.5. The van der Waals surface area contributed by atoms with Gasteiger partial charge in [0.1, 0.15) is 6.04 Å². The summed E-state index contributed by atoms with van der Waals surface area (Å²) in [5, 5.41) is 0. The molecule has 1 saturated heterocycles. The van der Waals surface area contributed by atoms with Crippen LogP contribution < -0.4 is 0 Å². The van der Waals surface area contributed by atoms with E-state index in [1.165, 1.54) is 7.11 Å². The summed E-state index contributed by atoms with van der Waals surface area (Å²) in [5.74, 6) is -0.835. The number of rotatable bonds is 3. The van der Waals surface area contributed by atoms with E-state index >= 15 is 0 Å². The van der Waals surface area contributed by atoms with Gasteiger partial charge >= 0.3 is 5.97 Å². The third kappa shape index (κ3) is 4.40. The smallest absolute Gasteiger partial charge is 0.328 e. The fraction of sp³-hybridized carbons (Fsp3) is 0.423. The molecule has 0 spiro atoms. The Morgan fingerprint density at radius 2 is 1.69 bits per heavy atom. The van der Waals surface area contributed by atoms with Crippen LogP contribution in [-0.4, -0.2) is 53.8 Å². The lowest BCUT2D eigenvalue weighted by Gasteiger charge is -2.40. The van der Waals surface area contributed by atoms with Crippen molar-refractivity contribution in [3.63, 3.8) is 0 Å². The number of carbonyl (C=O) groups is 3. The van der Waals surface area contributed by atoms with Gasteiger partial charge in [0.2, 0.25) is 5.91 Å². The summed E-state index contributed by atoms with van der Waals surface area (Å²) in [6.07, 6.45) is 1.92.